The molecular formula is C34H42N4O7S. The van der Waals surface area contributed by atoms with Gasteiger partial charge in [-0.3, -0.25) is 4.79 Å². The number of hydrogen-bond acceptors (Lipinski definition) is 9. The van der Waals surface area contributed by atoms with E-state index < -0.39 is 16.3 Å². The Bertz CT molecular complexity index is 1820. The van der Waals surface area contributed by atoms with Gasteiger partial charge in [0.25, 0.3) is 0 Å². The van der Waals surface area contributed by atoms with Gasteiger partial charge in [0.2, 0.25) is 0 Å². The number of carbonyl (C=O) groups is 1. The molecule has 1 aromatic heterocycles. The van der Waals surface area contributed by atoms with E-state index >= 15 is 0 Å². The number of aliphatic hydroxyl groups is 1. The molecule has 0 spiro atoms. The predicted octanol–water partition coefficient (Wildman–Crippen LogP) is 5.59. The van der Waals surface area contributed by atoms with Gasteiger partial charge < -0.3 is 19.1 Å². The summed E-state index contributed by atoms with van der Waals surface area (Å²) in [5.74, 6) is -0.493. The van der Waals surface area contributed by atoms with Crippen molar-refractivity contribution in [2.45, 2.75) is 84.8 Å². The van der Waals surface area contributed by atoms with Crippen molar-refractivity contribution in [3.05, 3.63) is 81.9 Å². The van der Waals surface area contributed by atoms with E-state index in [0.717, 1.165) is 71.1 Å². The van der Waals surface area contributed by atoms with E-state index in [4.69, 9.17) is 14.0 Å². The van der Waals surface area contributed by atoms with Crippen LogP contribution in [-0.4, -0.2) is 57.1 Å². The van der Waals surface area contributed by atoms with Crippen LogP contribution in [0.2, 0.25) is 0 Å². The first-order valence-corrected chi connectivity index (χ1v) is 17.1. The average Bonchev–Trinajstić information content (AvgIpc) is 3.44. The lowest BCUT2D eigenvalue weighted by molar-refractivity contribution is -0.143. The number of aromatic nitrogens is 3. The molecule has 246 valence electrons. The maximum atomic E-state index is 13.3. The molecule has 0 bridgehead atoms. The summed E-state index contributed by atoms with van der Waals surface area (Å²) in [5.41, 5.74) is 6.57. The SMILES string of the molecule is CCOC(=O)CC(c1ccc(C)c([C@@H](C)N2Cc3cc(O)ccc3OS2(=O)=O)c1)c1ccc2c(nnn2CCCCCCO)c1C. The highest BCUT2D eigenvalue weighted by atomic mass is 32.2. The highest BCUT2D eigenvalue weighted by Gasteiger charge is 2.37. The molecule has 0 radical (unpaired) electrons. The monoisotopic (exact) mass is 650 g/mol. The first kappa shape index (κ1) is 33.4. The molecule has 46 heavy (non-hydrogen) atoms. The molecule has 2 N–H and O–H groups in total. The van der Waals surface area contributed by atoms with Crippen molar-refractivity contribution in [1.82, 2.24) is 19.3 Å². The van der Waals surface area contributed by atoms with Crippen molar-refractivity contribution in [1.29, 1.82) is 0 Å². The minimum absolute atomic E-state index is 0.0275. The molecule has 0 fully saturated rings. The largest absolute Gasteiger partial charge is 0.508 e. The van der Waals surface area contributed by atoms with E-state index in [0.29, 0.717) is 5.56 Å². The standard InChI is InChI=1S/C34H42N4O7S/c1-5-44-33(41)20-30(28-13-14-31-34(23(28)3)35-36-37(31)16-8-6-7-9-17-39)25-11-10-22(2)29(19-25)24(4)38-21-26-18-27(40)12-15-32(26)45-46(38,42)43/h10-15,18-19,24,30,39-40H,5-9,16-17,20-21H2,1-4H3/t24-,30?/m1/s1. The summed E-state index contributed by atoms with van der Waals surface area (Å²) in [4.78, 5) is 12.9. The Labute approximate surface area is 270 Å². The molecule has 0 aliphatic carbocycles. The van der Waals surface area contributed by atoms with Gasteiger partial charge in [-0.25, -0.2) is 4.68 Å². The fourth-order valence-electron chi connectivity index (χ4n) is 6.24. The van der Waals surface area contributed by atoms with Crippen LogP contribution in [0.15, 0.2) is 48.5 Å². The third-order valence-corrected chi connectivity index (χ3v) is 10.2. The van der Waals surface area contributed by atoms with Crippen LogP contribution in [-0.2, 0) is 32.9 Å². The van der Waals surface area contributed by atoms with Gasteiger partial charge >= 0.3 is 16.3 Å². The van der Waals surface area contributed by atoms with Crippen LogP contribution in [0.5, 0.6) is 11.5 Å². The van der Waals surface area contributed by atoms with Gasteiger partial charge in [0, 0.05) is 31.2 Å². The average molecular weight is 651 g/mol. The Kier molecular flexibility index (Phi) is 10.3. The van der Waals surface area contributed by atoms with Crippen molar-refractivity contribution in [2.75, 3.05) is 13.2 Å². The third-order valence-electron chi connectivity index (χ3n) is 8.75. The summed E-state index contributed by atoms with van der Waals surface area (Å²) in [6, 6.07) is 13.6. The van der Waals surface area contributed by atoms with E-state index in [1.54, 1.807) is 13.8 Å². The number of aromatic hydroxyl groups is 1. The van der Waals surface area contributed by atoms with Crippen molar-refractivity contribution in [2.24, 2.45) is 0 Å². The molecule has 1 unspecified atom stereocenters. The Morgan fingerprint density at radius 2 is 1.83 bits per heavy atom. The normalized spacial score (nSPS) is 15.7. The van der Waals surface area contributed by atoms with Crippen LogP contribution < -0.4 is 4.18 Å². The Balaban J connectivity index is 1.50. The summed E-state index contributed by atoms with van der Waals surface area (Å²) in [5, 5.41) is 27.9. The first-order valence-electron chi connectivity index (χ1n) is 15.8. The van der Waals surface area contributed by atoms with Crippen LogP contribution in [0.3, 0.4) is 0 Å². The minimum Gasteiger partial charge on any atom is -0.508 e. The van der Waals surface area contributed by atoms with Crippen LogP contribution in [0.4, 0.5) is 0 Å². The van der Waals surface area contributed by atoms with E-state index in [-0.39, 0.29) is 49.6 Å². The minimum atomic E-state index is -4.12. The number of carbonyl (C=O) groups excluding carboxylic acids is 1. The molecule has 12 heteroatoms. The van der Waals surface area contributed by atoms with Crippen molar-refractivity contribution in [3.63, 3.8) is 0 Å². The lowest BCUT2D eigenvalue weighted by Crippen LogP contribution is -2.39. The zero-order chi connectivity index (χ0) is 33.0. The van der Waals surface area contributed by atoms with E-state index in [2.05, 4.69) is 10.3 Å². The van der Waals surface area contributed by atoms with Gasteiger partial charge in [0.1, 0.15) is 17.0 Å². The number of aryl methyl sites for hydroxylation is 3. The fraction of sp³-hybridized carbons (Fsp3) is 0.441. The number of nitrogens with zero attached hydrogens (tertiary/aromatic N) is 4. The zero-order valence-corrected chi connectivity index (χ0v) is 27.6. The van der Waals surface area contributed by atoms with Gasteiger partial charge in [0.15, 0.2) is 0 Å². The Morgan fingerprint density at radius 3 is 2.59 bits per heavy atom. The number of phenolic OH excluding ortho intramolecular Hbond substituents is 1. The number of phenols is 1. The number of fused-ring (bicyclic) bond motifs is 2. The molecule has 5 rings (SSSR count). The van der Waals surface area contributed by atoms with Gasteiger partial charge in [-0.15, -0.1) is 5.10 Å². The molecule has 0 saturated carbocycles. The lowest BCUT2D eigenvalue weighted by atomic mass is 9.83. The summed E-state index contributed by atoms with van der Waals surface area (Å²) in [6.07, 6.45) is 3.77. The second kappa shape index (κ2) is 14.2. The number of benzene rings is 3. The van der Waals surface area contributed by atoms with Crippen molar-refractivity contribution in [3.8, 4) is 11.5 Å². The number of hydrogen-bond donors (Lipinski definition) is 2. The van der Waals surface area contributed by atoms with Gasteiger partial charge in [-0.05, 0) is 92.6 Å². The summed E-state index contributed by atoms with van der Waals surface area (Å²) >= 11 is 0. The van der Waals surface area contributed by atoms with E-state index in [9.17, 15) is 18.3 Å². The maximum Gasteiger partial charge on any atom is 0.386 e. The molecular weight excluding hydrogens is 608 g/mol. The quantitative estimate of drug-likeness (QED) is 0.140. The molecule has 0 amide bonds. The molecule has 2 heterocycles. The highest BCUT2D eigenvalue weighted by molar-refractivity contribution is 7.84. The van der Waals surface area contributed by atoms with Crippen molar-refractivity contribution < 1.29 is 32.3 Å². The van der Waals surface area contributed by atoms with Gasteiger partial charge in [-0.1, -0.05) is 42.3 Å². The zero-order valence-electron chi connectivity index (χ0n) is 26.8. The number of rotatable bonds is 13. The highest BCUT2D eigenvalue weighted by Crippen LogP contribution is 2.39. The second-order valence-corrected chi connectivity index (χ2v) is 13.3. The van der Waals surface area contributed by atoms with Crippen molar-refractivity contribution >= 4 is 27.3 Å². The smallest absolute Gasteiger partial charge is 0.386 e. The Hall–Kier alpha value is -4.00. The lowest BCUT2D eigenvalue weighted by Gasteiger charge is -2.33. The number of esters is 1. The molecule has 1 aliphatic rings. The van der Waals surface area contributed by atoms with Crippen LogP contribution in [0.25, 0.3) is 11.0 Å². The molecule has 3 aromatic carbocycles. The summed E-state index contributed by atoms with van der Waals surface area (Å²) < 4.78 is 40.5. The second-order valence-electron chi connectivity index (χ2n) is 11.8. The van der Waals surface area contributed by atoms with E-state index in [1.165, 1.54) is 22.5 Å². The fourth-order valence-corrected chi connectivity index (χ4v) is 7.52. The predicted molar refractivity (Wildman–Crippen MR) is 174 cm³/mol. The summed E-state index contributed by atoms with van der Waals surface area (Å²) in [7, 11) is -4.12. The molecule has 4 aromatic rings. The molecule has 0 saturated heterocycles. The summed E-state index contributed by atoms with van der Waals surface area (Å²) in [6.45, 7) is 8.71. The third kappa shape index (κ3) is 7.03. The molecule has 1 aliphatic heterocycles. The topological polar surface area (TPSA) is 144 Å². The van der Waals surface area contributed by atoms with Gasteiger partial charge in [0.05, 0.1) is 24.6 Å². The molecule has 11 nitrogen and oxygen atoms in total. The first-order chi connectivity index (χ1) is 22.0. The number of unbranched alkanes of at least 4 members (excludes halogenated alkanes) is 3. The number of aliphatic hydroxyl groups excluding tert-OH is 1. The van der Waals surface area contributed by atoms with Crippen LogP contribution in [0.1, 0.15) is 91.3 Å². The van der Waals surface area contributed by atoms with E-state index in [1.807, 2.05) is 48.9 Å². The maximum absolute atomic E-state index is 13.3. The Morgan fingerprint density at radius 1 is 1.04 bits per heavy atom. The van der Waals surface area contributed by atoms with Crippen LogP contribution in [0, 0.1) is 13.8 Å². The van der Waals surface area contributed by atoms with Gasteiger partial charge in [-0.2, -0.15) is 12.7 Å². The molecule has 2 atom stereocenters. The number of ether oxygens (including phenoxy) is 1. The van der Waals surface area contributed by atoms with Crippen LogP contribution >= 0.6 is 0 Å².